The van der Waals surface area contributed by atoms with Crippen molar-refractivity contribution >= 4 is 38.8 Å². The average molecular weight is 400 g/mol. The van der Waals surface area contributed by atoms with Crippen LogP contribution in [0.4, 0.5) is 11.4 Å². The summed E-state index contributed by atoms with van der Waals surface area (Å²) in [5.74, 6) is 0.0163. The number of carbonyl (C=O) groups is 1. The molecule has 3 aromatic rings. The molecule has 0 radical (unpaired) electrons. The van der Waals surface area contributed by atoms with Gasteiger partial charge in [-0.2, -0.15) is 0 Å². The molecule has 0 bridgehead atoms. The maximum absolute atomic E-state index is 12.6. The molecule has 1 aromatic heterocycles. The quantitative estimate of drug-likeness (QED) is 0.480. The SMILES string of the molecule is COc1ccc(NC(=O)C(C)N(C)Cc2nc3ccccc3s2)c([N+](=O)[O-])c1. The number of likely N-dealkylation sites (N-methyl/N-ethyl adjacent to an activating group) is 1. The zero-order valence-corrected chi connectivity index (χ0v) is 16.5. The second-order valence-electron chi connectivity index (χ2n) is 6.30. The van der Waals surface area contributed by atoms with E-state index in [1.807, 2.05) is 36.2 Å². The fraction of sp³-hybridized carbons (Fsp3) is 0.263. The number of hydrogen-bond acceptors (Lipinski definition) is 7. The number of nitro benzene ring substituents is 1. The van der Waals surface area contributed by atoms with E-state index < -0.39 is 11.0 Å². The van der Waals surface area contributed by atoms with Gasteiger partial charge in [-0.15, -0.1) is 11.3 Å². The Bertz CT molecular complexity index is 987. The van der Waals surface area contributed by atoms with Gasteiger partial charge in [-0.25, -0.2) is 4.98 Å². The number of benzene rings is 2. The molecule has 0 aliphatic heterocycles. The van der Waals surface area contributed by atoms with Crippen LogP contribution in [-0.4, -0.2) is 40.9 Å². The Morgan fingerprint density at radius 1 is 1.36 bits per heavy atom. The van der Waals surface area contributed by atoms with Crippen LogP contribution in [-0.2, 0) is 11.3 Å². The van der Waals surface area contributed by atoms with Crippen molar-refractivity contribution in [2.24, 2.45) is 0 Å². The highest BCUT2D eigenvalue weighted by Gasteiger charge is 2.23. The van der Waals surface area contributed by atoms with Crippen LogP contribution in [0.2, 0.25) is 0 Å². The second-order valence-corrected chi connectivity index (χ2v) is 7.41. The van der Waals surface area contributed by atoms with Gasteiger partial charge in [0.1, 0.15) is 16.4 Å². The molecular weight excluding hydrogens is 380 g/mol. The van der Waals surface area contributed by atoms with Gasteiger partial charge in [0, 0.05) is 0 Å². The lowest BCUT2D eigenvalue weighted by molar-refractivity contribution is -0.384. The number of nitrogens with one attached hydrogen (secondary N) is 1. The van der Waals surface area contributed by atoms with Gasteiger partial charge in [0.05, 0.1) is 40.9 Å². The molecule has 0 aliphatic carbocycles. The number of methoxy groups -OCH3 is 1. The maximum Gasteiger partial charge on any atom is 0.296 e. The van der Waals surface area contributed by atoms with Crippen molar-refractivity contribution < 1.29 is 14.5 Å². The molecule has 1 unspecified atom stereocenters. The summed E-state index contributed by atoms with van der Waals surface area (Å²) in [4.78, 5) is 29.8. The predicted octanol–water partition coefficient (Wildman–Crippen LogP) is 3.67. The highest BCUT2D eigenvalue weighted by Crippen LogP contribution is 2.29. The normalized spacial score (nSPS) is 12.1. The van der Waals surface area contributed by atoms with Crippen LogP contribution in [0.5, 0.6) is 5.75 Å². The number of carbonyl (C=O) groups excluding carboxylic acids is 1. The number of amides is 1. The van der Waals surface area contributed by atoms with Crippen molar-refractivity contribution in [3.63, 3.8) is 0 Å². The number of aromatic nitrogens is 1. The molecule has 0 saturated carbocycles. The van der Waals surface area contributed by atoms with Crippen molar-refractivity contribution in [1.82, 2.24) is 9.88 Å². The van der Waals surface area contributed by atoms with Gasteiger partial charge in [-0.3, -0.25) is 19.8 Å². The molecule has 0 fully saturated rings. The molecule has 1 amide bonds. The van der Waals surface area contributed by atoms with Gasteiger partial charge in [-0.05, 0) is 38.2 Å². The van der Waals surface area contributed by atoms with E-state index in [9.17, 15) is 14.9 Å². The zero-order valence-electron chi connectivity index (χ0n) is 15.7. The third-order valence-electron chi connectivity index (χ3n) is 4.42. The molecule has 1 heterocycles. The topological polar surface area (TPSA) is 97.6 Å². The first-order valence-electron chi connectivity index (χ1n) is 8.57. The first-order chi connectivity index (χ1) is 13.4. The summed E-state index contributed by atoms with van der Waals surface area (Å²) < 4.78 is 6.11. The van der Waals surface area contributed by atoms with Gasteiger partial charge < -0.3 is 10.1 Å². The highest BCUT2D eigenvalue weighted by molar-refractivity contribution is 7.18. The molecule has 0 spiro atoms. The van der Waals surface area contributed by atoms with E-state index in [4.69, 9.17) is 4.74 Å². The Balaban J connectivity index is 1.70. The summed E-state index contributed by atoms with van der Waals surface area (Å²) in [5.41, 5.74) is 0.853. The van der Waals surface area contributed by atoms with Crippen LogP contribution in [0.3, 0.4) is 0 Å². The maximum atomic E-state index is 12.6. The van der Waals surface area contributed by atoms with E-state index in [0.29, 0.717) is 12.3 Å². The minimum Gasteiger partial charge on any atom is -0.496 e. The number of fused-ring (bicyclic) bond motifs is 1. The lowest BCUT2D eigenvalue weighted by Gasteiger charge is -2.22. The van der Waals surface area contributed by atoms with Gasteiger partial charge in [-0.1, -0.05) is 12.1 Å². The Morgan fingerprint density at radius 2 is 2.11 bits per heavy atom. The summed E-state index contributed by atoms with van der Waals surface area (Å²) in [6.07, 6.45) is 0. The van der Waals surface area contributed by atoms with Crippen LogP contribution in [0.1, 0.15) is 11.9 Å². The van der Waals surface area contributed by atoms with E-state index in [0.717, 1.165) is 15.2 Å². The van der Waals surface area contributed by atoms with Crippen LogP contribution < -0.4 is 10.1 Å². The molecule has 0 saturated heterocycles. The standard InChI is InChI=1S/C19H20N4O4S/c1-12(22(2)11-18-20-15-6-4-5-7-17(15)28-18)19(24)21-14-9-8-13(27-3)10-16(14)23(25)26/h4-10,12H,11H2,1-3H3,(H,21,24). The van der Waals surface area contributed by atoms with Crippen molar-refractivity contribution in [2.45, 2.75) is 19.5 Å². The van der Waals surface area contributed by atoms with Crippen LogP contribution in [0, 0.1) is 10.1 Å². The number of nitro groups is 1. The minimum atomic E-state index is -0.548. The molecule has 28 heavy (non-hydrogen) atoms. The number of hydrogen-bond donors (Lipinski definition) is 1. The average Bonchev–Trinajstić information content (AvgIpc) is 3.09. The molecule has 8 nitrogen and oxygen atoms in total. The summed E-state index contributed by atoms with van der Waals surface area (Å²) >= 11 is 1.58. The summed E-state index contributed by atoms with van der Waals surface area (Å²) in [7, 11) is 3.25. The number of thiazole rings is 1. The first kappa shape index (κ1) is 19.7. The fourth-order valence-electron chi connectivity index (χ4n) is 2.67. The summed E-state index contributed by atoms with van der Waals surface area (Å²) in [6, 6.07) is 11.7. The van der Waals surface area contributed by atoms with E-state index >= 15 is 0 Å². The van der Waals surface area contributed by atoms with Crippen LogP contribution >= 0.6 is 11.3 Å². The largest absolute Gasteiger partial charge is 0.496 e. The number of para-hydroxylation sites is 1. The van der Waals surface area contributed by atoms with Crippen molar-refractivity contribution in [3.8, 4) is 5.75 Å². The Labute approximate surface area is 165 Å². The molecule has 3 rings (SSSR count). The minimum absolute atomic E-state index is 0.135. The molecule has 1 N–H and O–H groups in total. The number of rotatable bonds is 7. The predicted molar refractivity (Wildman–Crippen MR) is 109 cm³/mol. The number of ether oxygens (including phenoxy) is 1. The Kier molecular flexibility index (Phi) is 5.86. The van der Waals surface area contributed by atoms with Gasteiger partial charge in [0.15, 0.2) is 0 Å². The zero-order chi connectivity index (χ0) is 20.3. The molecule has 2 aromatic carbocycles. The second kappa shape index (κ2) is 8.32. The van der Waals surface area contributed by atoms with E-state index in [1.54, 1.807) is 24.3 Å². The van der Waals surface area contributed by atoms with E-state index in [2.05, 4.69) is 10.3 Å². The van der Waals surface area contributed by atoms with Gasteiger partial charge >= 0.3 is 0 Å². The van der Waals surface area contributed by atoms with Crippen LogP contribution in [0.25, 0.3) is 10.2 Å². The Morgan fingerprint density at radius 3 is 2.79 bits per heavy atom. The molecule has 0 aliphatic rings. The smallest absolute Gasteiger partial charge is 0.296 e. The van der Waals surface area contributed by atoms with E-state index in [-0.39, 0.29) is 17.3 Å². The van der Waals surface area contributed by atoms with Gasteiger partial charge in [0.25, 0.3) is 5.69 Å². The van der Waals surface area contributed by atoms with E-state index in [1.165, 1.54) is 19.2 Å². The molecule has 9 heteroatoms. The Hall–Kier alpha value is -3.04. The monoisotopic (exact) mass is 400 g/mol. The van der Waals surface area contributed by atoms with Crippen molar-refractivity contribution in [1.29, 1.82) is 0 Å². The fourth-order valence-corrected chi connectivity index (χ4v) is 3.70. The summed E-state index contributed by atoms with van der Waals surface area (Å²) in [5, 5.41) is 14.8. The summed E-state index contributed by atoms with van der Waals surface area (Å²) in [6.45, 7) is 2.25. The first-order valence-corrected chi connectivity index (χ1v) is 9.38. The lowest BCUT2D eigenvalue weighted by atomic mass is 10.2. The third kappa shape index (κ3) is 4.26. The third-order valence-corrected chi connectivity index (χ3v) is 5.44. The molecule has 1 atom stereocenters. The molecule has 146 valence electrons. The highest BCUT2D eigenvalue weighted by atomic mass is 32.1. The van der Waals surface area contributed by atoms with Crippen LogP contribution in [0.15, 0.2) is 42.5 Å². The molecular formula is C19H20N4O4S. The number of nitrogens with zero attached hydrogens (tertiary/aromatic N) is 3. The van der Waals surface area contributed by atoms with Gasteiger partial charge in [0.2, 0.25) is 5.91 Å². The lowest BCUT2D eigenvalue weighted by Crippen LogP contribution is -2.39. The van der Waals surface area contributed by atoms with Crippen molar-refractivity contribution in [3.05, 3.63) is 57.6 Å². The number of anilines is 1. The van der Waals surface area contributed by atoms with Crippen molar-refractivity contribution in [2.75, 3.05) is 19.5 Å².